The molecule has 1 aromatic rings. The van der Waals surface area contributed by atoms with Crippen molar-refractivity contribution in [3.8, 4) is 6.07 Å². The molecular formula is C15H19N3OS. The van der Waals surface area contributed by atoms with Gasteiger partial charge in [0.15, 0.2) is 0 Å². The number of hydrogen-bond acceptors (Lipinski definition) is 4. The third-order valence-electron chi connectivity index (χ3n) is 3.54. The number of pyridine rings is 1. The van der Waals surface area contributed by atoms with E-state index in [9.17, 15) is 10.1 Å². The van der Waals surface area contributed by atoms with Crippen molar-refractivity contribution in [1.29, 1.82) is 5.26 Å². The average Bonchev–Trinajstić information content (AvgIpc) is 2.47. The second-order valence-electron chi connectivity index (χ2n) is 5.27. The van der Waals surface area contributed by atoms with Crippen LogP contribution in [0.5, 0.6) is 0 Å². The summed E-state index contributed by atoms with van der Waals surface area (Å²) in [5.41, 5.74) is 0.459. The second-order valence-corrected chi connectivity index (χ2v) is 6.26. The first-order chi connectivity index (χ1) is 9.63. The van der Waals surface area contributed by atoms with Crippen LogP contribution in [-0.2, 0) is 4.79 Å². The molecule has 2 rings (SSSR count). The summed E-state index contributed by atoms with van der Waals surface area (Å²) in [5, 5.41) is 13.1. The number of carbonyl (C=O) groups is 1. The Morgan fingerprint density at radius 2 is 2.20 bits per heavy atom. The molecule has 1 amide bonds. The van der Waals surface area contributed by atoms with Crippen molar-refractivity contribution in [3.05, 3.63) is 23.9 Å². The van der Waals surface area contributed by atoms with Crippen molar-refractivity contribution in [1.82, 2.24) is 10.3 Å². The average molecular weight is 289 g/mol. The van der Waals surface area contributed by atoms with E-state index < -0.39 is 5.54 Å². The fraction of sp³-hybridized carbons (Fsp3) is 0.533. The van der Waals surface area contributed by atoms with Crippen LogP contribution >= 0.6 is 11.8 Å². The van der Waals surface area contributed by atoms with E-state index in [1.807, 2.05) is 19.1 Å². The molecule has 0 aliphatic heterocycles. The quantitative estimate of drug-likeness (QED) is 0.866. The lowest BCUT2D eigenvalue weighted by atomic mass is 9.83. The van der Waals surface area contributed by atoms with Gasteiger partial charge in [-0.3, -0.25) is 4.79 Å². The molecule has 0 spiro atoms. The van der Waals surface area contributed by atoms with E-state index in [4.69, 9.17) is 0 Å². The predicted octanol–water partition coefficient (Wildman–Crippen LogP) is 2.82. The van der Waals surface area contributed by atoms with Crippen LogP contribution in [0.4, 0.5) is 0 Å². The number of aromatic nitrogens is 1. The molecule has 1 heterocycles. The number of thioether (sulfide) groups is 1. The Morgan fingerprint density at radius 3 is 2.80 bits per heavy atom. The lowest BCUT2D eigenvalue weighted by Gasteiger charge is -2.31. The molecule has 1 N–H and O–H groups in total. The fourth-order valence-electron chi connectivity index (χ4n) is 2.40. The van der Waals surface area contributed by atoms with Gasteiger partial charge in [0.1, 0.15) is 5.54 Å². The van der Waals surface area contributed by atoms with E-state index in [0.29, 0.717) is 5.75 Å². The first kappa shape index (κ1) is 14.9. The number of nitriles is 1. The van der Waals surface area contributed by atoms with Crippen LogP contribution in [0.3, 0.4) is 0 Å². The molecule has 0 atom stereocenters. The lowest BCUT2D eigenvalue weighted by molar-refractivity contribution is -0.120. The van der Waals surface area contributed by atoms with E-state index >= 15 is 0 Å². The van der Waals surface area contributed by atoms with E-state index in [2.05, 4.69) is 16.4 Å². The van der Waals surface area contributed by atoms with Gasteiger partial charge in [0.25, 0.3) is 0 Å². The highest BCUT2D eigenvalue weighted by Crippen LogP contribution is 2.27. The molecule has 0 bridgehead atoms. The van der Waals surface area contributed by atoms with Crippen LogP contribution in [0.15, 0.2) is 23.4 Å². The minimum Gasteiger partial charge on any atom is -0.337 e. The van der Waals surface area contributed by atoms with Crippen LogP contribution in [-0.4, -0.2) is 22.2 Å². The standard InChI is InChI=1S/C15H19N3OS/c1-12-5-6-14(17-9-12)20-10-13(19)18-15(11-16)7-3-2-4-8-15/h5-6,9H,2-4,7-8,10H2,1H3,(H,18,19). The zero-order valence-corrected chi connectivity index (χ0v) is 12.5. The smallest absolute Gasteiger partial charge is 0.231 e. The second kappa shape index (κ2) is 6.76. The molecule has 1 aliphatic carbocycles. The molecule has 0 aromatic carbocycles. The molecular weight excluding hydrogens is 270 g/mol. The third-order valence-corrected chi connectivity index (χ3v) is 4.48. The minimum atomic E-state index is -0.642. The maximum Gasteiger partial charge on any atom is 0.231 e. The number of nitrogens with one attached hydrogen (secondary N) is 1. The molecule has 0 saturated heterocycles. The molecule has 0 unspecified atom stereocenters. The first-order valence-electron chi connectivity index (χ1n) is 6.91. The summed E-state index contributed by atoms with van der Waals surface area (Å²) in [6.45, 7) is 1.98. The lowest BCUT2D eigenvalue weighted by Crippen LogP contribution is -2.49. The predicted molar refractivity (Wildman–Crippen MR) is 79.3 cm³/mol. The van der Waals surface area contributed by atoms with Crippen LogP contribution in [0.25, 0.3) is 0 Å². The Kier molecular flexibility index (Phi) is 5.02. The van der Waals surface area contributed by atoms with Gasteiger partial charge in [-0.15, -0.1) is 0 Å². The summed E-state index contributed by atoms with van der Waals surface area (Å²) in [5.74, 6) is 0.222. The SMILES string of the molecule is Cc1ccc(SCC(=O)NC2(C#N)CCCCC2)nc1. The Bertz CT molecular complexity index is 501. The van der Waals surface area contributed by atoms with E-state index in [1.165, 1.54) is 11.8 Å². The summed E-state index contributed by atoms with van der Waals surface area (Å²) in [6, 6.07) is 6.19. The van der Waals surface area contributed by atoms with E-state index in [0.717, 1.165) is 42.7 Å². The van der Waals surface area contributed by atoms with Gasteiger partial charge in [-0.25, -0.2) is 4.98 Å². The largest absolute Gasteiger partial charge is 0.337 e. The Hall–Kier alpha value is -1.54. The van der Waals surface area contributed by atoms with E-state index in [1.54, 1.807) is 6.20 Å². The molecule has 1 saturated carbocycles. The van der Waals surface area contributed by atoms with Crippen LogP contribution in [0, 0.1) is 18.3 Å². The topological polar surface area (TPSA) is 65.8 Å². The first-order valence-corrected chi connectivity index (χ1v) is 7.90. The highest BCUT2D eigenvalue weighted by atomic mass is 32.2. The summed E-state index contributed by atoms with van der Waals surface area (Å²) in [7, 11) is 0. The van der Waals surface area contributed by atoms with Gasteiger partial charge in [-0.1, -0.05) is 37.1 Å². The van der Waals surface area contributed by atoms with Crippen molar-refractivity contribution in [3.63, 3.8) is 0 Å². The Morgan fingerprint density at radius 1 is 1.45 bits per heavy atom. The highest BCUT2D eigenvalue weighted by molar-refractivity contribution is 7.99. The summed E-state index contributed by atoms with van der Waals surface area (Å²) < 4.78 is 0. The molecule has 1 fully saturated rings. The number of rotatable bonds is 4. The van der Waals surface area contributed by atoms with Gasteiger partial charge in [0, 0.05) is 6.20 Å². The van der Waals surface area contributed by atoms with Crippen molar-refractivity contribution < 1.29 is 4.79 Å². The number of aryl methyl sites for hydroxylation is 1. The molecule has 106 valence electrons. The van der Waals surface area contributed by atoms with Crippen molar-refractivity contribution in [2.75, 3.05) is 5.75 Å². The summed E-state index contributed by atoms with van der Waals surface area (Å²) >= 11 is 1.40. The molecule has 4 nitrogen and oxygen atoms in total. The summed E-state index contributed by atoms with van der Waals surface area (Å²) in [6.07, 6.45) is 6.51. The van der Waals surface area contributed by atoms with Crippen molar-refractivity contribution >= 4 is 17.7 Å². The zero-order chi connectivity index (χ0) is 14.4. The monoisotopic (exact) mass is 289 g/mol. The third kappa shape index (κ3) is 3.97. The number of amides is 1. The van der Waals surface area contributed by atoms with Crippen LogP contribution < -0.4 is 5.32 Å². The van der Waals surface area contributed by atoms with Crippen molar-refractivity contribution in [2.45, 2.75) is 49.6 Å². The Labute approximate surface area is 124 Å². The molecule has 20 heavy (non-hydrogen) atoms. The minimum absolute atomic E-state index is 0.0826. The molecule has 1 aromatic heterocycles. The fourth-order valence-corrected chi connectivity index (χ4v) is 3.04. The normalized spacial score (nSPS) is 17.2. The van der Waals surface area contributed by atoms with Crippen LogP contribution in [0.2, 0.25) is 0 Å². The molecule has 5 heteroatoms. The number of carbonyl (C=O) groups excluding carboxylic acids is 1. The molecule has 1 aliphatic rings. The van der Waals surface area contributed by atoms with Gasteiger partial charge in [0.05, 0.1) is 16.8 Å². The van der Waals surface area contributed by atoms with Crippen LogP contribution in [0.1, 0.15) is 37.7 Å². The summed E-state index contributed by atoms with van der Waals surface area (Å²) in [4.78, 5) is 16.3. The Balaban J connectivity index is 1.85. The van der Waals surface area contributed by atoms with Gasteiger partial charge < -0.3 is 5.32 Å². The van der Waals surface area contributed by atoms with E-state index in [-0.39, 0.29) is 5.91 Å². The number of nitrogens with zero attached hydrogens (tertiary/aromatic N) is 2. The van der Waals surface area contributed by atoms with Gasteiger partial charge in [0.2, 0.25) is 5.91 Å². The van der Waals surface area contributed by atoms with Gasteiger partial charge >= 0.3 is 0 Å². The van der Waals surface area contributed by atoms with Gasteiger partial charge in [-0.2, -0.15) is 5.26 Å². The number of hydrogen-bond donors (Lipinski definition) is 1. The van der Waals surface area contributed by atoms with Crippen molar-refractivity contribution in [2.24, 2.45) is 0 Å². The van der Waals surface area contributed by atoms with Gasteiger partial charge in [-0.05, 0) is 31.4 Å². The zero-order valence-electron chi connectivity index (χ0n) is 11.7. The maximum absolute atomic E-state index is 12.0. The maximum atomic E-state index is 12.0. The highest BCUT2D eigenvalue weighted by Gasteiger charge is 2.33. The molecule has 0 radical (unpaired) electrons.